The molecular formula is C21H19F2N3O2. The van der Waals surface area contributed by atoms with Crippen LogP contribution < -0.4 is 0 Å². The van der Waals surface area contributed by atoms with Crippen molar-refractivity contribution in [2.24, 2.45) is 0 Å². The third-order valence-corrected chi connectivity index (χ3v) is 4.71. The number of aryl methyl sites for hydroxylation is 1. The van der Waals surface area contributed by atoms with Crippen molar-refractivity contribution in [3.05, 3.63) is 72.0 Å². The van der Waals surface area contributed by atoms with E-state index >= 15 is 0 Å². The number of oxazole rings is 1. The zero-order valence-electron chi connectivity index (χ0n) is 15.1. The number of carbonyl (C=O) groups excluding carboxylic acids is 1. The molecule has 0 unspecified atom stereocenters. The van der Waals surface area contributed by atoms with Crippen molar-refractivity contribution < 1.29 is 18.0 Å². The van der Waals surface area contributed by atoms with Crippen LogP contribution in [0.1, 0.15) is 30.7 Å². The number of halogens is 2. The lowest BCUT2D eigenvalue weighted by atomic mass is 10.2. The summed E-state index contributed by atoms with van der Waals surface area (Å²) in [6, 6.07) is 7.36. The zero-order valence-corrected chi connectivity index (χ0v) is 15.1. The minimum Gasteiger partial charge on any atom is -0.441 e. The number of nitrogens with zero attached hydrogens (tertiary/aromatic N) is 3. The van der Waals surface area contributed by atoms with Gasteiger partial charge in [0, 0.05) is 43.9 Å². The lowest BCUT2D eigenvalue weighted by Gasteiger charge is -2.22. The van der Waals surface area contributed by atoms with E-state index in [9.17, 15) is 13.6 Å². The SMILES string of the molecule is O=C(CCc1ncc(-c2ccc(F)cc2F)o1)N(Cc1ccncc1)C1CC1. The minimum atomic E-state index is -0.712. The van der Waals surface area contributed by atoms with Crippen LogP contribution in [0.4, 0.5) is 8.78 Å². The molecule has 0 spiro atoms. The Hall–Kier alpha value is -3.09. The van der Waals surface area contributed by atoms with Gasteiger partial charge in [-0.3, -0.25) is 9.78 Å². The van der Waals surface area contributed by atoms with E-state index < -0.39 is 11.6 Å². The fourth-order valence-corrected chi connectivity index (χ4v) is 3.09. The highest BCUT2D eigenvalue weighted by atomic mass is 19.1. The highest BCUT2D eigenvalue weighted by molar-refractivity contribution is 5.77. The fraction of sp³-hybridized carbons (Fsp3) is 0.286. The van der Waals surface area contributed by atoms with Gasteiger partial charge in [-0.15, -0.1) is 0 Å². The standard InChI is InChI=1S/C21H19F2N3O2/c22-15-1-4-17(18(23)11-15)19-12-25-20(28-19)5-6-21(27)26(16-2-3-16)13-14-7-9-24-10-8-14/h1,4,7-12,16H,2-3,5-6,13H2. The molecule has 2 heterocycles. The first-order valence-corrected chi connectivity index (χ1v) is 9.18. The van der Waals surface area contributed by atoms with Crippen molar-refractivity contribution in [1.29, 1.82) is 0 Å². The smallest absolute Gasteiger partial charge is 0.223 e. The highest BCUT2D eigenvalue weighted by Crippen LogP contribution is 2.29. The van der Waals surface area contributed by atoms with E-state index in [4.69, 9.17) is 4.42 Å². The van der Waals surface area contributed by atoms with E-state index in [0.717, 1.165) is 30.5 Å². The Bertz CT molecular complexity index is 971. The van der Waals surface area contributed by atoms with Gasteiger partial charge in [-0.05, 0) is 42.7 Å². The van der Waals surface area contributed by atoms with E-state index in [-0.39, 0.29) is 29.7 Å². The van der Waals surface area contributed by atoms with Gasteiger partial charge < -0.3 is 9.32 Å². The van der Waals surface area contributed by atoms with Crippen molar-refractivity contribution in [1.82, 2.24) is 14.9 Å². The predicted molar refractivity (Wildman–Crippen MR) is 98.0 cm³/mol. The largest absolute Gasteiger partial charge is 0.441 e. The van der Waals surface area contributed by atoms with E-state index in [1.54, 1.807) is 12.4 Å². The van der Waals surface area contributed by atoms with Crippen LogP contribution in [0.15, 0.2) is 53.3 Å². The van der Waals surface area contributed by atoms with E-state index in [2.05, 4.69) is 9.97 Å². The minimum absolute atomic E-state index is 0.0343. The van der Waals surface area contributed by atoms with Crippen molar-refractivity contribution in [3.8, 4) is 11.3 Å². The molecule has 1 saturated carbocycles. The molecule has 1 aliphatic carbocycles. The molecule has 5 nitrogen and oxygen atoms in total. The van der Waals surface area contributed by atoms with Gasteiger partial charge in [0.15, 0.2) is 11.7 Å². The molecular weight excluding hydrogens is 364 g/mol. The molecule has 2 aromatic heterocycles. The Morgan fingerprint density at radius 3 is 2.68 bits per heavy atom. The van der Waals surface area contributed by atoms with E-state index in [1.165, 1.54) is 12.3 Å². The van der Waals surface area contributed by atoms with Gasteiger partial charge >= 0.3 is 0 Å². The first kappa shape index (κ1) is 18.3. The van der Waals surface area contributed by atoms with Gasteiger partial charge in [-0.1, -0.05) is 0 Å². The van der Waals surface area contributed by atoms with Crippen LogP contribution >= 0.6 is 0 Å². The van der Waals surface area contributed by atoms with Crippen LogP contribution in [0.2, 0.25) is 0 Å². The number of rotatable bonds is 7. The Labute approximate surface area is 161 Å². The molecule has 1 fully saturated rings. The van der Waals surface area contributed by atoms with Crippen molar-refractivity contribution in [3.63, 3.8) is 0 Å². The van der Waals surface area contributed by atoms with Crippen molar-refractivity contribution in [2.75, 3.05) is 0 Å². The first-order chi connectivity index (χ1) is 13.6. The molecule has 0 atom stereocenters. The van der Waals surface area contributed by atoms with E-state index in [1.807, 2.05) is 17.0 Å². The number of pyridine rings is 1. The summed E-state index contributed by atoms with van der Waals surface area (Å²) >= 11 is 0. The summed E-state index contributed by atoms with van der Waals surface area (Å²) in [6.07, 6.45) is 7.44. The third kappa shape index (κ3) is 4.24. The van der Waals surface area contributed by atoms with Gasteiger partial charge in [0.05, 0.1) is 11.8 Å². The maximum atomic E-state index is 13.9. The second kappa shape index (κ2) is 7.88. The molecule has 1 amide bonds. The molecule has 1 aromatic carbocycles. The van der Waals surface area contributed by atoms with Gasteiger partial charge in [0.1, 0.15) is 11.6 Å². The van der Waals surface area contributed by atoms with Crippen LogP contribution in [0.25, 0.3) is 11.3 Å². The summed E-state index contributed by atoms with van der Waals surface area (Å²) in [4.78, 5) is 22.7. The zero-order chi connectivity index (χ0) is 19.5. The third-order valence-electron chi connectivity index (χ3n) is 4.71. The second-order valence-electron chi connectivity index (χ2n) is 6.85. The summed E-state index contributed by atoms with van der Waals surface area (Å²) in [5.74, 6) is -0.758. The van der Waals surface area contributed by atoms with Crippen LogP contribution in [-0.2, 0) is 17.8 Å². The molecule has 0 bridgehead atoms. The highest BCUT2D eigenvalue weighted by Gasteiger charge is 2.32. The van der Waals surface area contributed by atoms with Gasteiger partial charge in [0.2, 0.25) is 5.91 Å². The average Bonchev–Trinajstić information content (AvgIpc) is 3.43. The van der Waals surface area contributed by atoms with Crippen LogP contribution in [0, 0.1) is 11.6 Å². The Balaban J connectivity index is 1.39. The number of hydrogen-bond donors (Lipinski definition) is 0. The summed E-state index contributed by atoms with van der Waals surface area (Å²) in [6.45, 7) is 0.559. The molecule has 3 aromatic rings. The normalized spacial score (nSPS) is 13.5. The van der Waals surface area contributed by atoms with Gasteiger partial charge in [-0.25, -0.2) is 13.8 Å². The van der Waals surface area contributed by atoms with Crippen LogP contribution in [0.5, 0.6) is 0 Å². The number of carbonyl (C=O) groups is 1. The van der Waals surface area contributed by atoms with Crippen molar-refractivity contribution in [2.45, 2.75) is 38.3 Å². The fourth-order valence-electron chi connectivity index (χ4n) is 3.09. The Morgan fingerprint density at radius 1 is 1.18 bits per heavy atom. The van der Waals surface area contributed by atoms with Crippen LogP contribution in [-0.4, -0.2) is 26.8 Å². The Kier molecular flexibility index (Phi) is 5.14. The second-order valence-corrected chi connectivity index (χ2v) is 6.85. The summed E-state index contributed by atoms with van der Waals surface area (Å²) < 4.78 is 32.5. The van der Waals surface area contributed by atoms with Crippen LogP contribution in [0.3, 0.4) is 0 Å². The van der Waals surface area contributed by atoms with Gasteiger partial charge in [-0.2, -0.15) is 0 Å². The molecule has 28 heavy (non-hydrogen) atoms. The number of amides is 1. The molecule has 7 heteroatoms. The molecule has 0 aliphatic heterocycles. The Morgan fingerprint density at radius 2 is 1.96 bits per heavy atom. The monoisotopic (exact) mass is 383 g/mol. The van der Waals surface area contributed by atoms with Crippen molar-refractivity contribution >= 4 is 5.91 Å². The quantitative estimate of drug-likeness (QED) is 0.615. The molecule has 4 rings (SSSR count). The summed E-state index contributed by atoms with van der Waals surface area (Å²) in [5, 5.41) is 0. The van der Waals surface area contributed by atoms with Gasteiger partial charge in [0.25, 0.3) is 0 Å². The maximum Gasteiger partial charge on any atom is 0.223 e. The maximum absolute atomic E-state index is 13.9. The number of aromatic nitrogens is 2. The molecule has 144 valence electrons. The lowest BCUT2D eigenvalue weighted by molar-refractivity contribution is -0.132. The topological polar surface area (TPSA) is 59.2 Å². The average molecular weight is 383 g/mol. The van der Waals surface area contributed by atoms with E-state index in [0.29, 0.717) is 18.9 Å². The molecule has 0 radical (unpaired) electrons. The lowest BCUT2D eigenvalue weighted by Crippen LogP contribution is -2.32. The summed E-state index contributed by atoms with van der Waals surface area (Å²) in [7, 11) is 0. The number of hydrogen-bond acceptors (Lipinski definition) is 4. The molecule has 0 saturated heterocycles. The predicted octanol–water partition coefficient (Wildman–Crippen LogP) is 4.14. The summed E-state index contributed by atoms with van der Waals surface area (Å²) in [5.41, 5.74) is 1.18. The molecule has 1 aliphatic rings. The molecule has 0 N–H and O–H groups in total. The number of benzene rings is 1. The first-order valence-electron chi connectivity index (χ1n) is 9.18.